The van der Waals surface area contributed by atoms with Crippen LogP contribution in [-0.2, 0) is 9.59 Å². The molecule has 8 nitrogen and oxygen atoms in total. The van der Waals surface area contributed by atoms with Crippen LogP contribution in [0.5, 0.6) is 23.0 Å². The van der Waals surface area contributed by atoms with Gasteiger partial charge in [0.25, 0.3) is 5.91 Å². The van der Waals surface area contributed by atoms with Crippen molar-refractivity contribution in [2.75, 3.05) is 43.7 Å². The summed E-state index contributed by atoms with van der Waals surface area (Å²) < 4.78 is 22.3. The number of ether oxygens (including phenoxy) is 4. The number of carbonyl (C=O) groups excluding carboxylic acids is 2. The van der Waals surface area contributed by atoms with Crippen molar-refractivity contribution in [1.82, 2.24) is 0 Å². The van der Waals surface area contributed by atoms with Gasteiger partial charge in [-0.15, -0.1) is 0 Å². The first-order valence-corrected chi connectivity index (χ1v) is 12.0. The Morgan fingerprint density at radius 3 is 2.73 bits per heavy atom. The lowest BCUT2D eigenvalue weighted by Gasteiger charge is -2.29. The SMILES string of the molecule is CCOc1ccc(/C=C/C(=O)Nc2ccc3c(c2)N(CCOc2cccc(C)c2)C(=O)CO3)cc1OC. The Morgan fingerprint density at radius 2 is 1.95 bits per heavy atom. The van der Waals surface area contributed by atoms with Gasteiger partial charge >= 0.3 is 0 Å². The number of benzene rings is 3. The van der Waals surface area contributed by atoms with Crippen LogP contribution in [0.3, 0.4) is 0 Å². The predicted octanol–water partition coefficient (Wildman–Crippen LogP) is 4.86. The fourth-order valence-corrected chi connectivity index (χ4v) is 3.90. The van der Waals surface area contributed by atoms with E-state index in [0.29, 0.717) is 48.4 Å². The van der Waals surface area contributed by atoms with Crippen molar-refractivity contribution in [3.8, 4) is 23.0 Å². The summed E-state index contributed by atoms with van der Waals surface area (Å²) in [6.45, 7) is 5.05. The third-order valence-corrected chi connectivity index (χ3v) is 5.66. The third-order valence-electron chi connectivity index (χ3n) is 5.66. The van der Waals surface area contributed by atoms with E-state index in [1.54, 1.807) is 48.4 Å². The van der Waals surface area contributed by atoms with Crippen LogP contribution < -0.4 is 29.2 Å². The summed E-state index contributed by atoms with van der Waals surface area (Å²) in [4.78, 5) is 26.8. The van der Waals surface area contributed by atoms with Crippen LogP contribution in [0.4, 0.5) is 11.4 Å². The quantitative estimate of drug-likeness (QED) is 0.399. The van der Waals surface area contributed by atoms with E-state index in [0.717, 1.165) is 16.9 Å². The maximum Gasteiger partial charge on any atom is 0.265 e. The summed E-state index contributed by atoms with van der Waals surface area (Å²) in [6.07, 6.45) is 3.12. The Bertz CT molecular complexity index is 1300. The Labute approximate surface area is 216 Å². The number of rotatable bonds is 10. The van der Waals surface area contributed by atoms with Crippen molar-refractivity contribution in [1.29, 1.82) is 0 Å². The molecule has 0 bridgehead atoms. The fourth-order valence-electron chi connectivity index (χ4n) is 3.90. The molecule has 4 rings (SSSR count). The van der Waals surface area contributed by atoms with Gasteiger partial charge in [-0.05, 0) is 73.5 Å². The van der Waals surface area contributed by atoms with Crippen LogP contribution in [0.15, 0.2) is 66.7 Å². The molecule has 0 aromatic heterocycles. The van der Waals surface area contributed by atoms with Gasteiger partial charge in [0.1, 0.15) is 18.1 Å². The van der Waals surface area contributed by atoms with Gasteiger partial charge in [0.2, 0.25) is 5.91 Å². The number of carbonyl (C=O) groups is 2. The minimum Gasteiger partial charge on any atom is -0.493 e. The third kappa shape index (κ3) is 6.61. The summed E-state index contributed by atoms with van der Waals surface area (Å²) in [5.41, 5.74) is 3.02. The zero-order valence-electron chi connectivity index (χ0n) is 21.2. The van der Waals surface area contributed by atoms with Gasteiger partial charge in [0.05, 0.1) is 25.9 Å². The molecule has 0 fully saturated rings. The maximum atomic E-state index is 12.6. The molecule has 1 aliphatic rings. The highest BCUT2D eigenvalue weighted by Gasteiger charge is 2.26. The molecule has 0 atom stereocenters. The predicted molar refractivity (Wildman–Crippen MR) is 143 cm³/mol. The summed E-state index contributed by atoms with van der Waals surface area (Å²) in [5.74, 6) is 2.07. The minimum absolute atomic E-state index is 0.0442. The van der Waals surface area contributed by atoms with E-state index >= 15 is 0 Å². The van der Waals surface area contributed by atoms with Crippen LogP contribution in [0.25, 0.3) is 6.08 Å². The highest BCUT2D eigenvalue weighted by molar-refractivity contribution is 6.03. The molecule has 0 aliphatic carbocycles. The van der Waals surface area contributed by atoms with E-state index in [1.165, 1.54) is 6.08 Å². The van der Waals surface area contributed by atoms with Gasteiger partial charge in [-0.3, -0.25) is 9.59 Å². The van der Waals surface area contributed by atoms with Crippen molar-refractivity contribution in [3.05, 3.63) is 77.9 Å². The molecular weight excluding hydrogens is 472 g/mol. The van der Waals surface area contributed by atoms with E-state index in [2.05, 4.69) is 5.32 Å². The molecule has 0 saturated heterocycles. The van der Waals surface area contributed by atoms with Crippen molar-refractivity contribution in [2.45, 2.75) is 13.8 Å². The summed E-state index contributed by atoms with van der Waals surface area (Å²) in [7, 11) is 1.57. The molecule has 1 aliphatic heterocycles. The first kappa shape index (κ1) is 25.6. The number of hydrogen-bond acceptors (Lipinski definition) is 6. The molecule has 3 aromatic rings. The molecule has 0 saturated carbocycles. The molecule has 0 unspecified atom stereocenters. The second-order valence-electron chi connectivity index (χ2n) is 8.35. The average molecular weight is 503 g/mol. The van der Waals surface area contributed by atoms with E-state index in [1.807, 2.05) is 44.2 Å². The lowest BCUT2D eigenvalue weighted by molar-refractivity contribution is -0.121. The average Bonchev–Trinajstić information content (AvgIpc) is 2.89. The number of amides is 2. The van der Waals surface area contributed by atoms with Gasteiger partial charge in [0.15, 0.2) is 18.1 Å². The second kappa shape index (κ2) is 12.0. The van der Waals surface area contributed by atoms with Crippen molar-refractivity contribution in [3.63, 3.8) is 0 Å². The lowest BCUT2D eigenvalue weighted by atomic mass is 10.1. The molecule has 0 radical (unpaired) electrons. The number of nitrogens with zero attached hydrogens (tertiary/aromatic N) is 1. The number of anilines is 2. The Balaban J connectivity index is 1.42. The molecule has 1 N–H and O–H groups in total. The van der Waals surface area contributed by atoms with Gasteiger partial charge in [0, 0.05) is 11.8 Å². The van der Waals surface area contributed by atoms with Crippen molar-refractivity contribution in [2.24, 2.45) is 0 Å². The lowest BCUT2D eigenvalue weighted by Crippen LogP contribution is -2.41. The number of hydrogen-bond donors (Lipinski definition) is 1. The number of methoxy groups -OCH3 is 1. The molecule has 3 aromatic carbocycles. The van der Waals surface area contributed by atoms with Crippen molar-refractivity contribution < 1.29 is 28.5 Å². The van der Waals surface area contributed by atoms with Crippen LogP contribution in [0.1, 0.15) is 18.1 Å². The van der Waals surface area contributed by atoms with Gasteiger partial charge in [-0.2, -0.15) is 0 Å². The highest BCUT2D eigenvalue weighted by Crippen LogP contribution is 2.34. The molecule has 1 heterocycles. The summed E-state index contributed by atoms with van der Waals surface area (Å²) >= 11 is 0. The largest absolute Gasteiger partial charge is 0.493 e. The normalized spacial score (nSPS) is 12.6. The molecule has 192 valence electrons. The first-order chi connectivity index (χ1) is 18.0. The van der Waals surface area contributed by atoms with Gasteiger partial charge in [-0.1, -0.05) is 18.2 Å². The summed E-state index contributed by atoms with van der Waals surface area (Å²) in [5, 5.41) is 2.84. The topological polar surface area (TPSA) is 86.3 Å². The maximum absolute atomic E-state index is 12.6. The minimum atomic E-state index is -0.315. The van der Waals surface area contributed by atoms with Gasteiger partial charge in [-0.25, -0.2) is 0 Å². The first-order valence-electron chi connectivity index (χ1n) is 12.0. The fraction of sp³-hybridized carbons (Fsp3) is 0.241. The van der Waals surface area contributed by atoms with Crippen LogP contribution in [0.2, 0.25) is 0 Å². The van der Waals surface area contributed by atoms with Crippen molar-refractivity contribution >= 4 is 29.3 Å². The molecule has 0 spiro atoms. The van der Waals surface area contributed by atoms with E-state index in [-0.39, 0.29) is 18.4 Å². The zero-order chi connectivity index (χ0) is 26.2. The Kier molecular flexibility index (Phi) is 8.30. The molecular formula is C29H30N2O6. The molecule has 8 heteroatoms. The number of aryl methyl sites for hydroxylation is 1. The monoisotopic (exact) mass is 502 g/mol. The smallest absolute Gasteiger partial charge is 0.265 e. The van der Waals surface area contributed by atoms with Crippen LogP contribution in [0, 0.1) is 6.92 Å². The van der Waals surface area contributed by atoms with E-state index in [4.69, 9.17) is 18.9 Å². The Morgan fingerprint density at radius 1 is 1.08 bits per heavy atom. The molecule has 2 amide bonds. The second-order valence-corrected chi connectivity index (χ2v) is 8.35. The van der Waals surface area contributed by atoms with Gasteiger partial charge < -0.3 is 29.2 Å². The zero-order valence-corrected chi connectivity index (χ0v) is 21.2. The summed E-state index contributed by atoms with van der Waals surface area (Å²) in [6, 6.07) is 18.4. The number of nitrogens with one attached hydrogen (secondary N) is 1. The Hall–Kier alpha value is -4.46. The highest BCUT2D eigenvalue weighted by atomic mass is 16.5. The number of fused-ring (bicyclic) bond motifs is 1. The standard InChI is InChI=1S/C29H30N2O6/c1-4-35-26-11-8-21(17-27(26)34-3)9-13-28(32)30-22-10-12-25-24(18-22)31(29(33)19-37-25)14-15-36-23-7-5-6-20(2)16-23/h5-13,16-18H,4,14-15,19H2,1-3H3,(H,30,32)/b13-9+. The molecule has 37 heavy (non-hydrogen) atoms. The van der Waals surface area contributed by atoms with E-state index in [9.17, 15) is 9.59 Å². The van der Waals surface area contributed by atoms with Crippen LogP contribution in [-0.4, -0.2) is 45.3 Å². The van der Waals surface area contributed by atoms with E-state index < -0.39 is 0 Å². The van der Waals surface area contributed by atoms with Crippen LogP contribution >= 0.6 is 0 Å².